The Morgan fingerprint density at radius 2 is 1.90 bits per heavy atom. The third kappa shape index (κ3) is 4.12. The van der Waals surface area contributed by atoms with Crippen LogP contribution in [-0.4, -0.2) is 30.5 Å². The fourth-order valence-electron chi connectivity index (χ4n) is 3.12. The maximum atomic E-state index is 12.8. The van der Waals surface area contributed by atoms with Crippen molar-refractivity contribution in [1.82, 2.24) is 24.7 Å². The van der Waals surface area contributed by atoms with E-state index >= 15 is 0 Å². The first kappa shape index (κ1) is 19.1. The van der Waals surface area contributed by atoms with Crippen LogP contribution in [0.2, 0.25) is 5.02 Å². The molecule has 0 bridgehead atoms. The van der Waals surface area contributed by atoms with Gasteiger partial charge in [0.2, 0.25) is 0 Å². The molecule has 0 saturated heterocycles. The van der Waals surface area contributed by atoms with Gasteiger partial charge in [0, 0.05) is 22.5 Å². The van der Waals surface area contributed by atoms with Crippen molar-refractivity contribution >= 4 is 17.4 Å². The van der Waals surface area contributed by atoms with Crippen LogP contribution in [0.25, 0.3) is 22.8 Å². The van der Waals surface area contributed by atoms with Crippen molar-refractivity contribution < 1.29 is 4.79 Å². The molecule has 0 aliphatic heterocycles. The fraction of sp³-hybridized carbons (Fsp3) is 0.182. The average molecular weight is 406 g/mol. The summed E-state index contributed by atoms with van der Waals surface area (Å²) in [7, 11) is 0. The molecule has 4 aromatic rings. The Bertz CT molecular complexity index is 1140. The van der Waals surface area contributed by atoms with E-state index in [0.29, 0.717) is 27.9 Å². The second-order valence-electron chi connectivity index (χ2n) is 7.06. The van der Waals surface area contributed by atoms with E-state index in [-0.39, 0.29) is 18.2 Å². The number of rotatable bonds is 6. The van der Waals surface area contributed by atoms with E-state index in [1.165, 1.54) is 0 Å². The van der Waals surface area contributed by atoms with Crippen molar-refractivity contribution in [3.05, 3.63) is 77.3 Å². The molecule has 1 N–H and O–H groups in total. The third-order valence-electron chi connectivity index (χ3n) is 4.65. The molecule has 0 amide bonds. The lowest BCUT2D eigenvalue weighted by Gasteiger charge is -2.10. The van der Waals surface area contributed by atoms with E-state index in [9.17, 15) is 4.79 Å². The predicted molar refractivity (Wildman–Crippen MR) is 113 cm³/mol. The maximum absolute atomic E-state index is 12.8. The van der Waals surface area contributed by atoms with Gasteiger partial charge in [-0.3, -0.25) is 4.79 Å². The van der Waals surface area contributed by atoms with Crippen molar-refractivity contribution in [1.29, 1.82) is 0 Å². The van der Waals surface area contributed by atoms with Gasteiger partial charge in [-0.1, -0.05) is 29.8 Å². The molecular formula is C22H20ClN5O. The monoisotopic (exact) mass is 405 g/mol. The lowest BCUT2D eigenvalue weighted by Crippen LogP contribution is -2.07. The van der Waals surface area contributed by atoms with Crippen LogP contribution in [-0.2, 0) is 6.42 Å². The topological polar surface area (TPSA) is 76.5 Å². The van der Waals surface area contributed by atoms with Crippen molar-refractivity contribution in [3.8, 4) is 22.8 Å². The first-order valence-corrected chi connectivity index (χ1v) is 9.73. The Kier molecular flexibility index (Phi) is 5.27. The van der Waals surface area contributed by atoms with E-state index in [1.54, 1.807) is 12.4 Å². The number of aromatic amines is 1. The molecular weight excluding hydrogens is 386 g/mol. The molecule has 0 aliphatic rings. The summed E-state index contributed by atoms with van der Waals surface area (Å²) in [6, 6.07) is 17.0. The van der Waals surface area contributed by atoms with E-state index in [4.69, 9.17) is 11.6 Å². The zero-order valence-electron chi connectivity index (χ0n) is 16.1. The molecule has 1 aromatic carbocycles. The summed E-state index contributed by atoms with van der Waals surface area (Å²) in [6.45, 7) is 4.12. The summed E-state index contributed by atoms with van der Waals surface area (Å²) in [5.41, 5.74) is 3.79. The number of benzene rings is 1. The number of ketones is 1. The number of hydrogen-bond donors (Lipinski definition) is 1. The predicted octanol–water partition coefficient (Wildman–Crippen LogP) is 4.99. The molecule has 0 atom stereocenters. The number of pyridine rings is 1. The summed E-state index contributed by atoms with van der Waals surface area (Å²) in [6.07, 6.45) is 1.89. The minimum atomic E-state index is -0.0276. The smallest absolute Gasteiger partial charge is 0.184 e. The first-order chi connectivity index (χ1) is 14.0. The molecule has 7 heteroatoms. The maximum Gasteiger partial charge on any atom is 0.184 e. The van der Waals surface area contributed by atoms with Crippen LogP contribution in [0, 0.1) is 0 Å². The van der Waals surface area contributed by atoms with Gasteiger partial charge in [0.15, 0.2) is 11.6 Å². The van der Waals surface area contributed by atoms with Crippen LogP contribution in [0.5, 0.6) is 0 Å². The Balaban J connectivity index is 1.53. The van der Waals surface area contributed by atoms with Crippen molar-refractivity contribution in [3.63, 3.8) is 0 Å². The van der Waals surface area contributed by atoms with Gasteiger partial charge in [0.05, 0.1) is 12.1 Å². The van der Waals surface area contributed by atoms with E-state index in [0.717, 1.165) is 11.3 Å². The molecule has 29 heavy (non-hydrogen) atoms. The summed E-state index contributed by atoms with van der Waals surface area (Å²) in [4.78, 5) is 20.6. The second-order valence-corrected chi connectivity index (χ2v) is 7.50. The van der Waals surface area contributed by atoms with Crippen LogP contribution in [0.3, 0.4) is 0 Å². The Labute approximate surface area is 173 Å². The van der Waals surface area contributed by atoms with Crippen molar-refractivity contribution in [2.24, 2.45) is 0 Å². The largest absolute Gasteiger partial charge is 0.352 e. The van der Waals surface area contributed by atoms with Gasteiger partial charge in [-0.2, -0.15) is 0 Å². The van der Waals surface area contributed by atoms with Gasteiger partial charge in [0.1, 0.15) is 12.0 Å². The molecule has 0 fully saturated rings. The summed E-state index contributed by atoms with van der Waals surface area (Å²) >= 11 is 5.94. The molecule has 0 spiro atoms. The molecule has 3 aromatic heterocycles. The number of Topliss-reactive ketones (excluding diaryl/α,β-unsaturated/α-hetero) is 1. The summed E-state index contributed by atoms with van der Waals surface area (Å²) in [5, 5.41) is 8.84. The van der Waals surface area contributed by atoms with Crippen molar-refractivity contribution in [2.45, 2.75) is 26.3 Å². The van der Waals surface area contributed by atoms with Crippen LogP contribution >= 0.6 is 11.6 Å². The van der Waals surface area contributed by atoms with Gasteiger partial charge >= 0.3 is 0 Å². The standard InChI is InChI=1S/C22H20ClN5O/c1-14(2)28-13-24-27-22(28)20-5-3-4-17(25-20)12-21(29)19-11-10-18(26-19)15-6-8-16(23)9-7-15/h3-11,13-14,26H,12H2,1-2H3. The van der Waals surface area contributed by atoms with E-state index in [2.05, 4.69) is 34.0 Å². The number of H-pyrrole nitrogens is 1. The molecule has 4 rings (SSSR count). The van der Waals surface area contributed by atoms with Gasteiger partial charge < -0.3 is 9.55 Å². The lowest BCUT2D eigenvalue weighted by molar-refractivity contribution is 0.0988. The molecule has 0 unspecified atom stereocenters. The highest BCUT2D eigenvalue weighted by Gasteiger charge is 2.15. The fourth-order valence-corrected chi connectivity index (χ4v) is 3.25. The minimum absolute atomic E-state index is 0.0276. The molecule has 0 radical (unpaired) electrons. The highest BCUT2D eigenvalue weighted by Crippen LogP contribution is 2.22. The number of carbonyl (C=O) groups is 1. The highest BCUT2D eigenvalue weighted by molar-refractivity contribution is 6.30. The van der Waals surface area contributed by atoms with Gasteiger partial charge in [-0.05, 0) is 55.8 Å². The van der Waals surface area contributed by atoms with Gasteiger partial charge in [-0.15, -0.1) is 10.2 Å². The summed E-state index contributed by atoms with van der Waals surface area (Å²) in [5.74, 6) is 0.666. The number of halogens is 1. The number of nitrogens with one attached hydrogen (secondary N) is 1. The SMILES string of the molecule is CC(C)n1cnnc1-c1cccc(CC(=O)c2ccc(-c3ccc(Cl)cc3)[nH]2)n1. The molecule has 0 saturated carbocycles. The lowest BCUT2D eigenvalue weighted by atomic mass is 10.1. The normalized spacial score (nSPS) is 11.2. The molecule has 146 valence electrons. The zero-order chi connectivity index (χ0) is 20.4. The Morgan fingerprint density at radius 1 is 1.10 bits per heavy atom. The molecule has 0 aliphatic carbocycles. The molecule has 3 heterocycles. The second kappa shape index (κ2) is 8.01. The van der Waals surface area contributed by atoms with Crippen LogP contribution in [0.4, 0.5) is 0 Å². The van der Waals surface area contributed by atoms with E-state index < -0.39 is 0 Å². The Morgan fingerprint density at radius 3 is 2.66 bits per heavy atom. The number of aromatic nitrogens is 5. The van der Waals surface area contributed by atoms with Crippen LogP contribution in [0.1, 0.15) is 36.1 Å². The van der Waals surface area contributed by atoms with Gasteiger partial charge in [0.25, 0.3) is 0 Å². The number of hydrogen-bond acceptors (Lipinski definition) is 4. The number of nitrogens with zero attached hydrogens (tertiary/aromatic N) is 4. The summed E-state index contributed by atoms with van der Waals surface area (Å²) < 4.78 is 1.96. The van der Waals surface area contributed by atoms with Gasteiger partial charge in [-0.25, -0.2) is 4.98 Å². The van der Waals surface area contributed by atoms with Crippen LogP contribution in [0.15, 0.2) is 60.9 Å². The number of carbonyl (C=O) groups excluding carboxylic acids is 1. The minimum Gasteiger partial charge on any atom is -0.352 e. The Hall–Kier alpha value is -3.25. The average Bonchev–Trinajstić information content (AvgIpc) is 3.39. The molecule has 6 nitrogen and oxygen atoms in total. The van der Waals surface area contributed by atoms with Crippen molar-refractivity contribution in [2.75, 3.05) is 0 Å². The third-order valence-corrected chi connectivity index (χ3v) is 4.90. The van der Waals surface area contributed by atoms with Crippen LogP contribution < -0.4 is 0 Å². The highest BCUT2D eigenvalue weighted by atomic mass is 35.5. The van der Waals surface area contributed by atoms with E-state index in [1.807, 2.05) is 53.1 Å². The quantitative estimate of drug-likeness (QED) is 0.458. The first-order valence-electron chi connectivity index (χ1n) is 9.35. The zero-order valence-corrected chi connectivity index (χ0v) is 16.9.